The van der Waals surface area contributed by atoms with Crippen LogP contribution < -0.4 is 5.32 Å². The number of aryl methyl sites for hydroxylation is 1. The highest BCUT2D eigenvalue weighted by Crippen LogP contribution is 2.33. The zero-order valence-corrected chi connectivity index (χ0v) is 16.1. The van der Waals surface area contributed by atoms with Crippen LogP contribution in [0.2, 0.25) is 0 Å². The number of nitrogens with zero attached hydrogens (tertiary/aromatic N) is 4. The molecule has 0 spiro atoms. The molecular weight excluding hydrogens is 366 g/mol. The largest absolute Gasteiger partial charge is 0.352 e. The van der Waals surface area contributed by atoms with E-state index in [1.807, 2.05) is 6.26 Å². The molecule has 1 heterocycles. The second-order valence-electron chi connectivity index (χ2n) is 6.54. The molecule has 8 nitrogen and oxygen atoms in total. The van der Waals surface area contributed by atoms with E-state index in [2.05, 4.69) is 20.1 Å². The van der Waals surface area contributed by atoms with Crippen molar-refractivity contribution in [2.75, 3.05) is 12.8 Å². The molecule has 1 aromatic carbocycles. The third-order valence-corrected chi connectivity index (χ3v) is 5.46. The van der Waals surface area contributed by atoms with Crippen LogP contribution in [0.1, 0.15) is 54.3 Å². The summed E-state index contributed by atoms with van der Waals surface area (Å²) in [5.41, 5.74) is -0.0955. The average molecular weight is 389 g/mol. The van der Waals surface area contributed by atoms with Gasteiger partial charge in [-0.2, -0.15) is 0 Å². The molecule has 1 N–H and O–H groups in total. The highest BCUT2D eigenvalue weighted by atomic mass is 32.2. The number of rotatable bonds is 8. The Morgan fingerprint density at radius 3 is 2.78 bits per heavy atom. The van der Waals surface area contributed by atoms with Crippen molar-refractivity contribution in [1.29, 1.82) is 0 Å². The van der Waals surface area contributed by atoms with Crippen LogP contribution >= 0.6 is 11.8 Å². The molecule has 1 aliphatic rings. The van der Waals surface area contributed by atoms with Gasteiger partial charge in [-0.25, -0.2) is 0 Å². The summed E-state index contributed by atoms with van der Waals surface area (Å²) in [5.74, 6) is 0.524. The van der Waals surface area contributed by atoms with Crippen LogP contribution in [-0.4, -0.2) is 38.4 Å². The molecule has 0 radical (unpaired) electrons. The van der Waals surface area contributed by atoms with E-state index >= 15 is 0 Å². The molecule has 1 amide bonds. The first kappa shape index (κ1) is 19.3. The number of nitro groups is 1. The van der Waals surface area contributed by atoms with Crippen molar-refractivity contribution in [2.45, 2.75) is 49.7 Å². The van der Waals surface area contributed by atoms with Crippen molar-refractivity contribution in [3.05, 3.63) is 45.8 Å². The summed E-state index contributed by atoms with van der Waals surface area (Å²) < 4.78 is 2.25. The lowest BCUT2D eigenvalue weighted by molar-refractivity contribution is -0.385. The Morgan fingerprint density at radius 1 is 1.33 bits per heavy atom. The normalized spacial score (nSPS) is 14.4. The first-order chi connectivity index (χ1) is 13.1. The minimum Gasteiger partial charge on any atom is -0.352 e. The lowest BCUT2D eigenvalue weighted by atomic mass is 10.1. The lowest BCUT2D eigenvalue weighted by Crippen LogP contribution is -2.25. The maximum atomic E-state index is 12.3. The van der Waals surface area contributed by atoms with E-state index in [0.717, 1.165) is 23.8 Å². The lowest BCUT2D eigenvalue weighted by Gasteiger charge is -2.16. The van der Waals surface area contributed by atoms with Crippen LogP contribution in [0.4, 0.5) is 5.69 Å². The van der Waals surface area contributed by atoms with E-state index in [1.54, 1.807) is 23.9 Å². The van der Waals surface area contributed by atoms with Crippen molar-refractivity contribution >= 4 is 23.4 Å². The number of nitrogens with one attached hydrogen (secondary N) is 1. The first-order valence-electron chi connectivity index (χ1n) is 9.11. The number of hydrogen-bond acceptors (Lipinski definition) is 6. The number of benzene rings is 1. The molecular formula is C18H23N5O3S. The van der Waals surface area contributed by atoms with Crippen molar-refractivity contribution in [3.8, 4) is 0 Å². The van der Waals surface area contributed by atoms with Gasteiger partial charge in [0, 0.05) is 25.1 Å². The Hall–Kier alpha value is -2.42. The predicted octanol–water partition coefficient (Wildman–Crippen LogP) is 3.39. The highest BCUT2D eigenvalue weighted by Gasteiger charge is 2.23. The molecule has 0 atom stereocenters. The molecule has 0 bridgehead atoms. The van der Waals surface area contributed by atoms with Gasteiger partial charge in [-0.3, -0.25) is 14.9 Å². The summed E-state index contributed by atoms with van der Waals surface area (Å²) in [4.78, 5) is 22.8. The number of nitro benzene ring substituents is 1. The third-order valence-electron chi connectivity index (χ3n) is 4.82. The molecule has 0 unspecified atom stereocenters. The summed E-state index contributed by atoms with van der Waals surface area (Å²) in [6, 6.07) is 6.45. The summed E-state index contributed by atoms with van der Waals surface area (Å²) >= 11 is 1.60. The number of carbonyl (C=O) groups excluding carboxylic acids is 1. The molecule has 0 saturated heterocycles. The van der Waals surface area contributed by atoms with Gasteiger partial charge in [-0.05, 0) is 31.6 Å². The van der Waals surface area contributed by atoms with Crippen LogP contribution in [-0.2, 0) is 6.42 Å². The average Bonchev–Trinajstić information content (AvgIpc) is 3.34. The standard InChI is InChI=1S/C18H23N5O3S/c1-27-18-21-20-16(22(18)13-7-2-3-8-13)11-6-12-19-17(24)14-9-4-5-10-15(14)23(25)26/h4-5,9-10,13H,2-3,6-8,11-12H2,1H3,(H,19,24). The van der Waals surface area contributed by atoms with Crippen LogP contribution in [0.15, 0.2) is 29.4 Å². The summed E-state index contributed by atoms with van der Waals surface area (Å²) in [5, 5.41) is 23.4. The molecule has 1 fully saturated rings. The van der Waals surface area contributed by atoms with Crippen LogP contribution in [0.3, 0.4) is 0 Å². The molecule has 1 aromatic heterocycles. The minimum absolute atomic E-state index is 0.0845. The van der Waals surface area contributed by atoms with Gasteiger partial charge in [0.25, 0.3) is 11.6 Å². The highest BCUT2D eigenvalue weighted by molar-refractivity contribution is 7.98. The van der Waals surface area contributed by atoms with Gasteiger partial charge in [-0.1, -0.05) is 36.7 Å². The SMILES string of the molecule is CSc1nnc(CCCNC(=O)c2ccccc2[N+](=O)[O-])n1C1CCCC1. The topological polar surface area (TPSA) is 103 Å². The van der Waals surface area contributed by atoms with Crippen LogP contribution in [0.5, 0.6) is 0 Å². The van der Waals surface area contributed by atoms with Crippen LogP contribution in [0.25, 0.3) is 0 Å². The molecule has 27 heavy (non-hydrogen) atoms. The molecule has 1 saturated carbocycles. The quantitative estimate of drug-likeness (QED) is 0.321. The van der Waals surface area contributed by atoms with E-state index in [1.165, 1.54) is 25.0 Å². The fourth-order valence-electron chi connectivity index (χ4n) is 3.51. The van der Waals surface area contributed by atoms with Gasteiger partial charge in [-0.15, -0.1) is 10.2 Å². The van der Waals surface area contributed by atoms with Crippen LogP contribution in [0, 0.1) is 10.1 Å². The van der Waals surface area contributed by atoms with Gasteiger partial charge >= 0.3 is 0 Å². The van der Waals surface area contributed by atoms with Gasteiger partial charge < -0.3 is 9.88 Å². The summed E-state index contributed by atoms with van der Waals surface area (Å²) in [7, 11) is 0. The monoisotopic (exact) mass is 389 g/mol. The van der Waals surface area contributed by atoms with Gasteiger partial charge in [0.15, 0.2) is 5.16 Å². The summed E-state index contributed by atoms with van der Waals surface area (Å²) in [6.07, 6.45) is 8.21. The van der Waals surface area contributed by atoms with Crippen molar-refractivity contribution in [2.24, 2.45) is 0 Å². The van der Waals surface area contributed by atoms with E-state index in [4.69, 9.17) is 0 Å². The number of aromatic nitrogens is 3. The predicted molar refractivity (Wildman–Crippen MR) is 103 cm³/mol. The number of carbonyl (C=O) groups is 1. The van der Waals surface area contributed by atoms with Crippen molar-refractivity contribution in [1.82, 2.24) is 20.1 Å². The number of thioether (sulfide) groups is 1. The Labute approximate surface area is 161 Å². The fourth-order valence-corrected chi connectivity index (χ4v) is 4.09. The van der Waals surface area contributed by atoms with E-state index < -0.39 is 10.8 Å². The molecule has 0 aliphatic heterocycles. The Bertz CT molecular complexity index is 817. The molecule has 1 aliphatic carbocycles. The minimum atomic E-state index is -0.539. The number of hydrogen-bond donors (Lipinski definition) is 1. The molecule has 144 valence electrons. The Morgan fingerprint density at radius 2 is 2.07 bits per heavy atom. The number of para-hydroxylation sites is 1. The van der Waals surface area contributed by atoms with Crippen molar-refractivity contribution in [3.63, 3.8) is 0 Å². The second kappa shape index (κ2) is 8.98. The van der Waals surface area contributed by atoms with E-state index in [0.29, 0.717) is 25.4 Å². The molecule has 2 aromatic rings. The van der Waals surface area contributed by atoms with E-state index in [9.17, 15) is 14.9 Å². The van der Waals surface area contributed by atoms with Gasteiger partial charge in [0.1, 0.15) is 11.4 Å². The van der Waals surface area contributed by atoms with E-state index in [-0.39, 0.29) is 11.3 Å². The zero-order valence-electron chi connectivity index (χ0n) is 15.3. The summed E-state index contributed by atoms with van der Waals surface area (Å²) in [6.45, 7) is 0.428. The smallest absolute Gasteiger partial charge is 0.282 e. The fraction of sp³-hybridized carbons (Fsp3) is 0.500. The maximum absolute atomic E-state index is 12.3. The zero-order chi connectivity index (χ0) is 19.2. The molecule has 9 heteroatoms. The van der Waals surface area contributed by atoms with Crippen molar-refractivity contribution < 1.29 is 9.72 Å². The van der Waals surface area contributed by atoms with Gasteiger partial charge in [0.2, 0.25) is 0 Å². The molecule has 3 rings (SSSR count). The maximum Gasteiger partial charge on any atom is 0.282 e. The van der Waals surface area contributed by atoms with Gasteiger partial charge in [0.05, 0.1) is 4.92 Å². The Balaban J connectivity index is 1.57. The third kappa shape index (κ3) is 4.47. The Kier molecular flexibility index (Phi) is 6.44. The first-order valence-corrected chi connectivity index (χ1v) is 10.3. The number of amides is 1. The second-order valence-corrected chi connectivity index (χ2v) is 7.32.